The van der Waals surface area contributed by atoms with Crippen LogP contribution in [0.15, 0.2) is 0 Å². The fraction of sp³-hybridized carbons (Fsp3) is 0. The predicted molar refractivity (Wildman–Crippen MR) is 24.0 cm³/mol. The van der Waals surface area contributed by atoms with Gasteiger partial charge in [-0.3, -0.25) is 0 Å². The third-order valence-electron chi connectivity index (χ3n) is 0. The summed E-state index contributed by atoms with van der Waals surface area (Å²) in [7, 11) is 7.00. The van der Waals surface area contributed by atoms with Crippen molar-refractivity contribution in [2.45, 2.75) is 0 Å². The Hall–Kier alpha value is 1.21. The largest absolute Gasteiger partial charge is 2.00 e. The Bertz CT molecular complexity index is 9.61. The van der Waals surface area contributed by atoms with E-state index in [0.29, 0.717) is 0 Å². The monoisotopic (exact) mass is 138 g/mol. The Morgan fingerprint density at radius 1 is 0.800 bits per heavy atom. The van der Waals surface area contributed by atoms with Gasteiger partial charge in [0, 0.05) is 0 Å². The van der Waals surface area contributed by atoms with Crippen molar-refractivity contribution < 1.29 is 0 Å². The number of rotatable bonds is 0. The molecule has 0 atom stereocenters. The predicted octanol–water partition coefficient (Wildman–Crippen LogP) is -0.565. The van der Waals surface area contributed by atoms with Crippen LogP contribution in [0.2, 0.25) is 0 Å². The van der Waals surface area contributed by atoms with Crippen molar-refractivity contribution in [1.82, 2.24) is 0 Å². The summed E-state index contributed by atoms with van der Waals surface area (Å²) >= 11 is 0. The third-order valence-corrected chi connectivity index (χ3v) is 0. The summed E-state index contributed by atoms with van der Waals surface area (Å²) in [6.07, 6.45) is 0. The van der Waals surface area contributed by atoms with Crippen molar-refractivity contribution >= 4 is 60.8 Å². The molecule has 0 spiro atoms. The molecule has 0 heterocycles. The van der Waals surface area contributed by atoms with E-state index in [1.54, 1.807) is 0 Å². The van der Waals surface area contributed by atoms with Crippen LogP contribution in [0.4, 0.5) is 0 Å². The molecule has 5 heteroatoms. The molecule has 0 saturated carbocycles. The van der Waals surface area contributed by atoms with Gasteiger partial charge in [-0.1, -0.05) is 0 Å². The number of hydrogen-bond donors (Lipinski definition) is 0. The average molecular weight is 137 g/mol. The van der Waals surface area contributed by atoms with Crippen molar-refractivity contribution in [2.24, 2.45) is 0 Å². The van der Waals surface area contributed by atoms with Crippen molar-refractivity contribution in [3.8, 4) is 0 Å². The van der Waals surface area contributed by atoms with Crippen LogP contribution in [0, 0.1) is 0 Å². The molecular weight excluding hydrogens is 137 g/mol. The molecule has 0 aromatic carbocycles. The molecule has 5 heavy (non-hydrogen) atoms. The minimum absolute atomic E-state index is 0. The molecule has 18 valence electrons. The minimum Gasteiger partial charge on any atom is 2.00 e. The van der Waals surface area contributed by atoms with E-state index in [4.69, 9.17) is 10.6 Å². The fourth-order valence-electron chi connectivity index (χ4n) is 0. The third kappa shape index (κ3) is 36.7. The van der Waals surface area contributed by atoms with E-state index in [0.717, 1.165) is 0 Å². The smallest absolute Gasteiger partial charge is 2.00 e. The molecule has 2 nitrogen and oxygen atoms in total. The average Bonchev–Trinajstić information content (AvgIpc) is 1.50. The van der Waals surface area contributed by atoms with Gasteiger partial charge in [0.05, 0.1) is 0 Å². The Balaban J connectivity index is -0.0000000133. The number of nitrogens with zero attached hydrogens (tertiary/aromatic N) is 2. The zero-order valence-electron chi connectivity index (χ0n) is 2.76. The molecular formula is B2N2Sr. The molecule has 0 bridgehead atoms. The Labute approximate surface area is 70.4 Å². The second-order valence-electron chi connectivity index (χ2n) is 0. The second-order valence-corrected chi connectivity index (χ2v) is 0. The first kappa shape index (κ1) is 16.4. The molecule has 0 aromatic heterocycles. The fourth-order valence-corrected chi connectivity index (χ4v) is 0. The van der Waals surface area contributed by atoms with E-state index in [1.807, 2.05) is 0 Å². The van der Waals surface area contributed by atoms with Gasteiger partial charge in [0.2, 0.25) is 0 Å². The summed E-state index contributed by atoms with van der Waals surface area (Å²) in [4.78, 5) is 0. The van der Waals surface area contributed by atoms with Crippen molar-refractivity contribution in [1.29, 1.82) is 0 Å². The van der Waals surface area contributed by atoms with E-state index in [2.05, 4.69) is 15.3 Å². The first-order valence-electron chi connectivity index (χ1n) is 0.516. The van der Waals surface area contributed by atoms with Gasteiger partial charge in [0.1, 0.15) is 0 Å². The van der Waals surface area contributed by atoms with Crippen LogP contribution < -0.4 is 0 Å². The Kier molecular flexibility index (Phi) is 206. The molecule has 2 radical (unpaired) electrons. The van der Waals surface area contributed by atoms with E-state index in [-0.39, 0.29) is 45.5 Å². The Morgan fingerprint density at radius 2 is 0.800 bits per heavy atom. The van der Waals surface area contributed by atoms with Gasteiger partial charge in [-0.2, -0.15) is 0 Å². The molecule has 0 fully saturated rings. The maximum atomic E-state index is 6.50. The quantitative estimate of drug-likeness (QED) is 0.402. The zero-order chi connectivity index (χ0) is 4.00. The SMILES string of the molecule is [B]=[N-].[B]=[N-].[Sr+2]. The number of hydrogen-bond acceptors (Lipinski definition) is 0. The van der Waals surface area contributed by atoms with Gasteiger partial charge in [0.15, 0.2) is 0 Å². The van der Waals surface area contributed by atoms with Crippen LogP contribution in [0.5, 0.6) is 0 Å². The molecule has 0 aliphatic rings. The van der Waals surface area contributed by atoms with E-state index in [9.17, 15) is 0 Å². The van der Waals surface area contributed by atoms with Crippen LogP contribution in [0.25, 0.3) is 10.6 Å². The van der Waals surface area contributed by atoms with Crippen molar-refractivity contribution in [3.63, 3.8) is 0 Å². The van der Waals surface area contributed by atoms with Crippen LogP contribution in [0.3, 0.4) is 0 Å². The first-order chi connectivity index (χ1) is 2.00. The summed E-state index contributed by atoms with van der Waals surface area (Å²) in [5.74, 6) is 0. The van der Waals surface area contributed by atoms with Gasteiger partial charge in [0.25, 0.3) is 0 Å². The summed E-state index contributed by atoms with van der Waals surface area (Å²) in [6.45, 7) is 0. The van der Waals surface area contributed by atoms with E-state index < -0.39 is 0 Å². The topological polar surface area (TPSA) is 44.6 Å². The zero-order valence-corrected chi connectivity index (χ0v) is 6.23. The van der Waals surface area contributed by atoms with Crippen LogP contribution in [0.1, 0.15) is 0 Å². The molecule has 0 aliphatic heterocycles. The minimum atomic E-state index is 0. The van der Waals surface area contributed by atoms with Gasteiger partial charge in [-0.05, 0) is 0 Å². The van der Waals surface area contributed by atoms with Gasteiger partial charge >= 0.3 is 71.4 Å². The van der Waals surface area contributed by atoms with E-state index >= 15 is 0 Å². The van der Waals surface area contributed by atoms with Crippen LogP contribution in [-0.2, 0) is 0 Å². The van der Waals surface area contributed by atoms with Gasteiger partial charge < -0.3 is 0 Å². The molecule has 0 N–H and O–H groups in total. The molecule has 0 aromatic rings. The van der Waals surface area contributed by atoms with Crippen LogP contribution in [-0.4, -0.2) is 60.8 Å². The Morgan fingerprint density at radius 3 is 0.800 bits per heavy atom. The summed E-state index contributed by atoms with van der Waals surface area (Å²) in [5, 5.41) is 13.0. The molecule has 0 unspecified atom stereocenters. The van der Waals surface area contributed by atoms with Gasteiger partial charge in [-0.15, -0.1) is 0 Å². The standard InChI is InChI=1S/2BN.Sr/c2*1-2;/q2*-1;+2. The summed E-state index contributed by atoms with van der Waals surface area (Å²) in [6, 6.07) is 0. The molecule has 0 aliphatic carbocycles. The van der Waals surface area contributed by atoms with Crippen molar-refractivity contribution in [2.75, 3.05) is 0 Å². The maximum Gasteiger partial charge on any atom is 2.00 e. The molecule has 0 rings (SSSR count). The van der Waals surface area contributed by atoms with E-state index in [1.165, 1.54) is 0 Å². The van der Waals surface area contributed by atoms with Crippen LogP contribution >= 0.6 is 0 Å². The first-order valence-corrected chi connectivity index (χ1v) is 0.516. The summed E-state index contributed by atoms with van der Waals surface area (Å²) < 4.78 is 0. The molecule has 0 amide bonds. The van der Waals surface area contributed by atoms with Crippen molar-refractivity contribution in [3.05, 3.63) is 10.6 Å². The second kappa shape index (κ2) is 63.0. The molecule has 0 saturated heterocycles. The summed E-state index contributed by atoms with van der Waals surface area (Å²) in [5.41, 5.74) is 0. The van der Waals surface area contributed by atoms with Gasteiger partial charge in [-0.25, -0.2) is 0 Å². The normalized spacial score (nSPS) is 1.20. The maximum absolute atomic E-state index is 6.50.